The van der Waals surface area contributed by atoms with E-state index in [1.807, 2.05) is 50.2 Å². The van der Waals surface area contributed by atoms with Crippen LogP contribution in [-0.2, 0) is 6.54 Å². The van der Waals surface area contributed by atoms with E-state index in [4.69, 9.17) is 0 Å². The first-order chi connectivity index (χ1) is 14.3. The fourth-order valence-electron chi connectivity index (χ4n) is 3.61. The van der Waals surface area contributed by atoms with Crippen LogP contribution in [0.15, 0.2) is 65.7 Å². The van der Waals surface area contributed by atoms with Crippen LogP contribution in [0.2, 0.25) is 0 Å². The number of aromatic nitrogens is 3. The maximum Gasteiger partial charge on any atom is 0.276 e. The van der Waals surface area contributed by atoms with E-state index in [2.05, 4.69) is 31.1 Å². The second kappa shape index (κ2) is 7.92. The standard InChI is InChI=1S/C25H27N3O2/c1-16(2)19-7-9-20(10-8-19)22-14-23-25(30)27(11-12-28(23)26-22)15-24(29)21-6-5-17(3)18(4)13-21/h5-14,16,24,29H,15H2,1-4H3/t24-/m1/s1. The van der Waals surface area contributed by atoms with Gasteiger partial charge in [-0.05, 0) is 48.1 Å². The Morgan fingerprint density at radius 3 is 2.30 bits per heavy atom. The third-order valence-electron chi connectivity index (χ3n) is 5.76. The number of hydrogen-bond acceptors (Lipinski definition) is 3. The summed E-state index contributed by atoms with van der Waals surface area (Å²) in [5.74, 6) is 0.469. The number of rotatable bonds is 5. The van der Waals surface area contributed by atoms with Crippen molar-refractivity contribution in [2.24, 2.45) is 0 Å². The van der Waals surface area contributed by atoms with Crippen LogP contribution >= 0.6 is 0 Å². The molecule has 0 radical (unpaired) electrons. The van der Waals surface area contributed by atoms with Crippen LogP contribution in [0.25, 0.3) is 16.8 Å². The van der Waals surface area contributed by atoms with Crippen LogP contribution in [0.5, 0.6) is 0 Å². The van der Waals surface area contributed by atoms with Crippen molar-refractivity contribution in [3.8, 4) is 11.3 Å². The van der Waals surface area contributed by atoms with Crippen molar-refractivity contribution >= 4 is 5.52 Å². The zero-order valence-electron chi connectivity index (χ0n) is 17.8. The quantitative estimate of drug-likeness (QED) is 0.530. The van der Waals surface area contributed by atoms with Crippen LogP contribution in [-0.4, -0.2) is 19.3 Å². The van der Waals surface area contributed by atoms with Gasteiger partial charge in [-0.1, -0.05) is 56.3 Å². The molecule has 0 aliphatic rings. The summed E-state index contributed by atoms with van der Waals surface area (Å²) in [6.07, 6.45) is 2.68. The molecule has 30 heavy (non-hydrogen) atoms. The highest BCUT2D eigenvalue weighted by atomic mass is 16.3. The molecule has 0 unspecified atom stereocenters. The van der Waals surface area contributed by atoms with E-state index in [-0.39, 0.29) is 12.1 Å². The maximum absolute atomic E-state index is 13.0. The lowest BCUT2D eigenvalue weighted by Gasteiger charge is -2.14. The minimum atomic E-state index is -0.754. The molecule has 5 nitrogen and oxygen atoms in total. The molecule has 5 heteroatoms. The van der Waals surface area contributed by atoms with Crippen LogP contribution in [0.1, 0.15) is 48.1 Å². The monoisotopic (exact) mass is 401 g/mol. The summed E-state index contributed by atoms with van der Waals surface area (Å²) in [4.78, 5) is 13.0. The van der Waals surface area contributed by atoms with Gasteiger partial charge in [0, 0.05) is 18.0 Å². The van der Waals surface area contributed by atoms with Crippen molar-refractivity contribution in [3.05, 3.63) is 93.5 Å². The maximum atomic E-state index is 13.0. The molecule has 0 amide bonds. The number of hydrogen-bond donors (Lipinski definition) is 1. The molecule has 1 atom stereocenters. The van der Waals surface area contributed by atoms with E-state index >= 15 is 0 Å². The SMILES string of the molecule is Cc1ccc([C@H](O)Cn2ccn3nc(-c4ccc(C(C)C)cc4)cc3c2=O)cc1C. The van der Waals surface area contributed by atoms with Crippen molar-refractivity contribution in [1.82, 2.24) is 14.2 Å². The minimum absolute atomic E-state index is 0.169. The lowest BCUT2D eigenvalue weighted by atomic mass is 10.0. The largest absolute Gasteiger partial charge is 0.387 e. The lowest BCUT2D eigenvalue weighted by Crippen LogP contribution is -2.24. The van der Waals surface area contributed by atoms with Crippen LogP contribution < -0.4 is 5.56 Å². The van der Waals surface area contributed by atoms with Crippen molar-refractivity contribution in [3.63, 3.8) is 0 Å². The zero-order chi connectivity index (χ0) is 21.4. The van der Waals surface area contributed by atoms with Crippen molar-refractivity contribution in [2.75, 3.05) is 0 Å². The molecule has 1 N–H and O–H groups in total. The molecule has 0 bridgehead atoms. The summed E-state index contributed by atoms with van der Waals surface area (Å²) in [6.45, 7) is 8.58. The second-order valence-corrected chi connectivity index (χ2v) is 8.25. The first-order valence-electron chi connectivity index (χ1n) is 10.3. The molecule has 2 aromatic carbocycles. The average molecular weight is 402 g/mol. The van der Waals surface area contributed by atoms with Crippen LogP contribution in [0.4, 0.5) is 0 Å². The normalized spacial score (nSPS) is 12.6. The predicted molar refractivity (Wildman–Crippen MR) is 120 cm³/mol. The van der Waals surface area contributed by atoms with E-state index in [1.54, 1.807) is 21.5 Å². The Labute approximate surface area is 176 Å². The number of aliphatic hydroxyl groups excluding tert-OH is 1. The lowest BCUT2D eigenvalue weighted by molar-refractivity contribution is 0.155. The summed E-state index contributed by atoms with van der Waals surface area (Å²) in [6, 6.07) is 16.0. The van der Waals surface area contributed by atoms with Crippen molar-refractivity contribution in [2.45, 2.75) is 46.3 Å². The molecule has 0 aliphatic heterocycles. The van der Waals surface area contributed by atoms with Gasteiger partial charge in [0.25, 0.3) is 5.56 Å². The van der Waals surface area contributed by atoms with Gasteiger partial charge >= 0.3 is 0 Å². The number of nitrogens with zero attached hydrogens (tertiary/aromatic N) is 3. The van der Waals surface area contributed by atoms with Crippen molar-refractivity contribution in [1.29, 1.82) is 0 Å². The fourth-order valence-corrected chi connectivity index (χ4v) is 3.61. The molecule has 2 aromatic heterocycles. The Morgan fingerprint density at radius 1 is 0.933 bits per heavy atom. The van der Waals surface area contributed by atoms with E-state index in [0.29, 0.717) is 11.4 Å². The summed E-state index contributed by atoms with van der Waals surface area (Å²) >= 11 is 0. The molecule has 0 saturated heterocycles. The second-order valence-electron chi connectivity index (χ2n) is 8.25. The zero-order valence-corrected chi connectivity index (χ0v) is 17.8. The number of benzene rings is 2. The topological polar surface area (TPSA) is 59.5 Å². The highest BCUT2D eigenvalue weighted by molar-refractivity contribution is 5.65. The predicted octanol–water partition coefficient (Wildman–Crippen LogP) is 4.64. The Bertz CT molecular complexity index is 1250. The summed E-state index contributed by atoms with van der Waals surface area (Å²) in [5, 5.41) is 15.2. The third kappa shape index (κ3) is 3.81. The fraction of sp³-hybridized carbons (Fsp3) is 0.280. The average Bonchev–Trinajstić information content (AvgIpc) is 3.17. The Hall–Kier alpha value is -3.18. The molecule has 0 aliphatic carbocycles. The first kappa shape index (κ1) is 20.1. The molecule has 0 saturated carbocycles. The van der Waals surface area contributed by atoms with E-state index in [1.165, 1.54) is 11.1 Å². The highest BCUT2D eigenvalue weighted by Crippen LogP contribution is 2.23. The van der Waals surface area contributed by atoms with Gasteiger partial charge in [0.15, 0.2) is 0 Å². The van der Waals surface area contributed by atoms with Gasteiger partial charge in [-0.3, -0.25) is 4.79 Å². The number of fused-ring (bicyclic) bond motifs is 1. The van der Waals surface area contributed by atoms with Gasteiger partial charge in [-0.15, -0.1) is 0 Å². The molecule has 0 fully saturated rings. The van der Waals surface area contributed by atoms with Gasteiger partial charge in [0.1, 0.15) is 5.52 Å². The minimum Gasteiger partial charge on any atom is -0.387 e. The van der Waals surface area contributed by atoms with Gasteiger partial charge in [0.2, 0.25) is 0 Å². The molecular formula is C25H27N3O2. The molecule has 2 heterocycles. The van der Waals surface area contributed by atoms with Crippen LogP contribution in [0, 0.1) is 13.8 Å². The van der Waals surface area contributed by atoms with Gasteiger partial charge < -0.3 is 9.67 Å². The van der Waals surface area contributed by atoms with Crippen LogP contribution in [0.3, 0.4) is 0 Å². The van der Waals surface area contributed by atoms with Gasteiger partial charge in [-0.2, -0.15) is 5.10 Å². The van der Waals surface area contributed by atoms with E-state index in [0.717, 1.165) is 22.4 Å². The molecular weight excluding hydrogens is 374 g/mol. The summed E-state index contributed by atoms with van der Waals surface area (Å²) < 4.78 is 3.15. The smallest absolute Gasteiger partial charge is 0.276 e. The Kier molecular flexibility index (Phi) is 5.31. The Balaban J connectivity index is 1.64. The molecule has 154 valence electrons. The number of aryl methyl sites for hydroxylation is 2. The first-order valence-corrected chi connectivity index (χ1v) is 10.3. The highest BCUT2D eigenvalue weighted by Gasteiger charge is 2.14. The molecule has 4 aromatic rings. The molecule has 0 spiro atoms. The summed E-state index contributed by atoms with van der Waals surface area (Å²) in [7, 11) is 0. The molecule has 4 rings (SSSR count). The van der Waals surface area contributed by atoms with E-state index < -0.39 is 6.10 Å². The number of aliphatic hydroxyl groups is 1. The van der Waals surface area contributed by atoms with Crippen molar-refractivity contribution < 1.29 is 5.11 Å². The van der Waals surface area contributed by atoms with Gasteiger partial charge in [0.05, 0.1) is 18.3 Å². The Morgan fingerprint density at radius 2 is 1.63 bits per heavy atom. The third-order valence-corrected chi connectivity index (χ3v) is 5.76. The van der Waals surface area contributed by atoms with E-state index in [9.17, 15) is 9.90 Å². The summed E-state index contributed by atoms with van der Waals surface area (Å²) in [5.41, 5.74) is 6.44. The van der Waals surface area contributed by atoms with Gasteiger partial charge in [-0.25, -0.2) is 4.52 Å².